The first-order valence-electron chi connectivity index (χ1n) is 7.00. The van der Waals surface area contributed by atoms with Crippen LogP contribution in [0, 0.1) is 18.3 Å². The number of rotatable bonds is 4. The summed E-state index contributed by atoms with van der Waals surface area (Å²) in [6.07, 6.45) is 0. The smallest absolute Gasteiger partial charge is 0.408 e. The van der Waals surface area contributed by atoms with E-state index >= 15 is 0 Å². The van der Waals surface area contributed by atoms with Crippen LogP contribution in [0.5, 0.6) is 0 Å². The van der Waals surface area contributed by atoms with E-state index in [-0.39, 0.29) is 10.5 Å². The maximum absolute atomic E-state index is 12.5. The number of hydrogen-bond donors (Lipinski definition) is 2. The van der Waals surface area contributed by atoms with Crippen LogP contribution in [0.3, 0.4) is 0 Å². The summed E-state index contributed by atoms with van der Waals surface area (Å²) in [6, 6.07) is 11.9. The van der Waals surface area contributed by atoms with Gasteiger partial charge in [0.15, 0.2) is 5.58 Å². The summed E-state index contributed by atoms with van der Waals surface area (Å²) in [5, 5.41) is 9.29. The Bertz CT molecular complexity index is 1090. The second-order valence-corrected chi connectivity index (χ2v) is 6.98. The van der Waals surface area contributed by atoms with Gasteiger partial charge in [0.05, 0.1) is 16.5 Å². The Labute approximate surface area is 137 Å². The number of hydrogen-bond acceptors (Lipinski definition) is 5. The van der Waals surface area contributed by atoms with Crippen molar-refractivity contribution in [2.45, 2.75) is 17.9 Å². The molecule has 1 heterocycles. The van der Waals surface area contributed by atoms with Gasteiger partial charge in [-0.3, -0.25) is 4.98 Å². The van der Waals surface area contributed by atoms with E-state index in [0.717, 1.165) is 5.56 Å². The summed E-state index contributed by atoms with van der Waals surface area (Å²) >= 11 is 0. The molecule has 7 nitrogen and oxygen atoms in total. The van der Waals surface area contributed by atoms with Crippen molar-refractivity contribution in [3.63, 3.8) is 0 Å². The van der Waals surface area contributed by atoms with Crippen LogP contribution in [0.2, 0.25) is 0 Å². The number of aromatic amines is 1. The predicted octanol–water partition coefficient (Wildman–Crippen LogP) is 1.97. The van der Waals surface area contributed by atoms with Crippen LogP contribution >= 0.6 is 0 Å². The van der Waals surface area contributed by atoms with Gasteiger partial charge >= 0.3 is 5.76 Å². The number of oxazole rings is 1. The fourth-order valence-electron chi connectivity index (χ4n) is 2.24. The number of aromatic nitrogens is 1. The minimum atomic E-state index is -3.96. The molecular weight excluding hydrogens is 330 g/mol. The van der Waals surface area contributed by atoms with Gasteiger partial charge in [0.1, 0.15) is 6.04 Å². The molecule has 122 valence electrons. The van der Waals surface area contributed by atoms with Gasteiger partial charge in [-0.2, -0.15) is 9.98 Å². The molecule has 3 rings (SSSR count). The summed E-state index contributed by atoms with van der Waals surface area (Å²) < 4.78 is 32.2. The lowest BCUT2D eigenvalue weighted by Gasteiger charge is -2.12. The fraction of sp³-hybridized carbons (Fsp3) is 0.125. The van der Waals surface area contributed by atoms with Crippen LogP contribution in [-0.4, -0.2) is 13.4 Å². The van der Waals surface area contributed by atoms with Gasteiger partial charge in [-0.25, -0.2) is 13.2 Å². The summed E-state index contributed by atoms with van der Waals surface area (Å²) in [4.78, 5) is 13.5. The second-order valence-electron chi connectivity index (χ2n) is 5.27. The molecule has 0 aliphatic rings. The van der Waals surface area contributed by atoms with E-state index in [2.05, 4.69) is 9.71 Å². The highest BCUT2D eigenvalue weighted by molar-refractivity contribution is 7.89. The van der Waals surface area contributed by atoms with Crippen LogP contribution in [0.25, 0.3) is 11.1 Å². The van der Waals surface area contributed by atoms with E-state index < -0.39 is 21.8 Å². The van der Waals surface area contributed by atoms with Crippen molar-refractivity contribution in [1.29, 1.82) is 5.26 Å². The average molecular weight is 343 g/mol. The number of fused-ring (bicyclic) bond motifs is 1. The third-order valence-electron chi connectivity index (χ3n) is 3.52. The van der Waals surface area contributed by atoms with Gasteiger partial charge in [-0.1, -0.05) is 29.8 Å². The highest BCUT2D eigenvalue weighted by Gasteiger charge is 2.22. The first-order chi connectivity index (χ1) is 11.4. The van der Waals surface area contributed by atoms with Crippen LogP contribution in [0.4, 0.5) is 0 Å². The van der Waals surface area contributed by atoms with Crippen LogP contribution < -0.4 is 10.5 Å². The Hall–Kier alpha value is -2.89. The van der Waals surface area contributed by atoms with Crippen molar-refractivity contribution in [3.8, 4) is 6.07 Å². The van der Waals surface area contributed by atoms with E-state index in [1.165, 1.54) is 18.2 Å². The summed E-state index contributed by atoms with van der Waals surface area (Å²) in [5.74, 6) is -0.665. The van der Waals surface area contributed by atoms with Crippen molar-refractivity contribution in [3.05, 3.63) is 64.1 Å². The Kier molecular flexibility index (Phi) is 3.97. The van der Waals surface area contributed by atoms with Gasteiger partial charge < -0.3 is 4.42 Å². The van der Waals surface area contributed by atoms with Crippen molar-refractivity contribution in [2.24, 2.45) is 0 Å². The highest BCUT2D eigenvalue weighted by atomic mass is 32.2. The molecule has 1 unspecified atom stereocenters. The Morgan fingerprint density at radius 2 is 1.92 bits per heavy atom. The molecule has 0 radical (unpaired) electrons. The maximum atomic E-state index is 12.5. The van der Waals surface area contributed by atoms with E-state index in [9.17, 15) is 18.5 Å². The van der Waals surface area contributed by atoms with E-state index in [1.807, 2.05) is 13.0 Å². The highest BCUT2D eigenvalue weighted by Crippen LogP contribution is 2.20. The van der Waals surface area contributed by atoms with Gasteiger partial charge in [0.2, 0.25) is 10.0 Å². The predicted molar refractivity (Wildman–Crippen MR) is 86.7 cm³/mol. The first kappa shape index (κ1) is 16.0. The average Bonchev–Trinajstić information content (AvgIpc) is 2.92. The zero-order valence-corrected chi connectivity index (χ0v) is 13.4. The molecule has 0 saturated carbocycles. The Morgan fingerprint density at radius 1 is 1.21 bits per heavy atom. The lowest BCUT2D eigenvalue weighted by atomic mass is 10.1. The Morgan fingerprint density at radius 3 is 2.58 bits per heavy atom. The molecule has 2 N–H and O–H groups in total. The molecule has 0 aliphatic carbocycles. The van der Waals surface area contributed by atoms with E-state index in [4.69, 9.17) is 4.42 Å². The quantitative estimate of drug-likeness (QED) is 0.751. The number of nitrogens with one attached hydrogen (secondary N) is 2. The molecule has 0 aliphatic heterocycles. The SMILES string of the molecule is Cc1ccc(C(C#N)NS(=O)(=O)c2ccc3[nH]c(=O)oc3c2)cc1. The summed E-state index contributed by atoms with van der Waals surface area (Å²) in [5.41, 5.74) is 2.08. The van der Waals surface area contributed by atoms with Crippen LogP contribution in [-0.2, 0) is 10.0 Å². The molecule has 0 fully saturated rings. The molecule has 0 saturated heterocycles. The zero-order valence-electron chi connectivity index (χ0n) is 12.6. The molecule has 1 aromatic heterocycles. The molecular formula is C16H13N3O4S. The van der Waals surface area contributed by atoms with Gasteiger partial charge in [-0.15, -0.1) is 0 Å². The van der Waals surface area contributed by atoms with Crippen molar-refractivity contribution in [1.82, 2.24) is 9.71 Å². The fourth-order valence-corrected chi connectivity index (χ4v) is 3.39. The number of nitrogens with zero attached hydrogens (tertiary/aromatic N) is 1. The monoisotopic (exact) mass is 343 g/mol. The molecule has 0 bridgehead atoms. The maximum Gasteiger partial charge on any atom is 0.417 e. The number of sulfonamides is 1. The van der Waals surface area contributed by atoms with Crippen LogP contribution in [0.15, 0.2) is 56.6 Å². The Balaban J connectivity index is 1.94. The minimum absolute atomic E-state index is 0.0925. The summed E-state index contributed by atoms with van der Waals surface area (Å²) in [6.45, 7) is 1.90. The molecule has 1 atom stereocenters. The van der Waals surface area contributed by atoms with E-state index in [1.54, 1.807) is 24.3 Å². The third-order valence-corrected chi connectivity index (χ3v) is 4.94. The van der Waals surface area contributed by atoms with Crippen molar-refractivity contribution >= 4 is 21.1 Å². The van der Waals surface area contributed by atoms with E-state index in [0.29, 0.717) is 11.1 Å². The number of H-pyrrole nitrogens is 1. The van der Waals surface area contributed by atoms with Gasteiger partial charge in [-0.05, 0) is 24.6 Å². The minimum Gasteiger partial charge on any atom is -0.408 e. The number of nitriles is 1. The molecule has 2 aromatic carbocycles. The largest absolute Gasteiger partial charge is 0.417 e. The van der Waals surface area contributed by atoms with Gasteiger partial charge in [0, 0.05) is 6.07 Å². The van der Waals surface area contributed by atoms with Crippen molar-refractivity contribution < 1.29 is 12.8 Å². The molecule has 3 aromatic rings. The number of aryl methyl sites for hydroxylation is 1. The molecule has 24 heavy (non-hydrogen) atoms. The molecule has 0 amide bonds. The second kappa shape index (κ2) is 5.96. The first-order valence-corrected chi connectivity index (χ1v) is 8.49. The third kappa shape index (κ3) is 3.08. The normalized spacial score (nSPS) is 12.8. The lowest BCUT2D eigenvalue weighted by molar-refractivity contribution is 0.553. The topological polar surface area (TPSA) is 116 Å². The van der Waals surface area contributed by atoms with Crippen LogP contribution in [0.1, 0.15) is 17.2 Å². The lowest BCUT2D eigenvalue weighted by Crippen LogP contribution is -2.27. The standard InChI is InChI=1S/C16H13N3O4S/c1-10-2-4-11(5-3-10)14(9-17)19-24(21,22)12-6-7-13-15(8-12)23-16(20)18-13/h2-8,14,19H,1H3,(H,18,20). The zero-order chi connectivity index (χ0) is 17.3. The molecule has 0 spiro atoms. The molecule has 8 heteroatoms. The summed E-state index contributed by atoms with van der Waals surface area (Å²) in [7, 11) is -3.96. The van der Waals surface area contributed by atoms with Crippen molar-refractivity contribution in [2.75, 3.05) is 0 Å². The number of benzene rings is 2. The van der Waals surface area contributed by atoms with Gasteiger partial charge in [0.25, 0.3) is 0 Å².